The molecule has 2 aliphatic heterocycles. The van der Waals surface area contributed by atoms with Crippen LogP contribution in [0, 0.1) is 0 Å². The summed E-state index contributed by atoms with van der Waals surface area (Å²) in [5.41, 5.74) is 0. The highest BCUT2D eigenvalue weighted by atomic mass is 16.7. The molecule has 2 fully saturated rings. The minimum Gasteiger partial charge on any atom is -0.394 e. The summed E-state index contributed by atoms with van der Waals surface area (Å²) in [5, 5.41) is 87.2. The number of hydrogen-bond acceptors (Lipinski definition) is 13. The van der Waals surface area contributed by atoms with Crippen molar-refractivity contribution < 1.29 is 64.6 Å². The average Bonchev–Trinajstić information content (AvgIpc) is 3.40. The largest absolute Gasteiger partial charge is 0.394 e. The Morgan fingerprint density at radius 2 is 0.838 bits per heavy atom. The Bertz CT molecular complexity index is 1290. The molecule has 0 bridgehead atoms. The second kappa shape index (κ2) is 46.6. The number of carbonyl (C=O) groups is 1. The number of aliphatic hydroxyl groups excluding tert-OH is 8. The first-order chi connectivity index (χ1) is 36.1. The van der Waals surface area contributed by atoms with Gasteiger partial charge in [0.15, 0.2) is 12.6 Å². The summed E-state index contributed by atoms with van der Waals surface area (Å²) < 4.78 is 22.8. The van der Waals surface area contributed by atoms with Crippen molar-refractivity contribution in [2.24, 2.45) is 0 Å². The highest BCUT2D eigenvalue weighted by Gasteiger charge is 2.51. The molecule has 2 saturated heterocycles. The van der Waals surface area contributed by atoms with Crippen molar-refractivity contribution in [3.8, 4) is 0 Å². The highest BCUT2D eigenvalue weighted by Crippen LogP contribution is 2.30. The fourth-order valence-electron chi connectivity index (χ4n) is 10.5. The molecule has 0 saturated carbocycles. The van der Waals surface area contributed by atoms with Crippen LogP contribution in [-0.4, -0.2) is 140 Å². The SMILES string of the molecule is CCCCCCCCCCCCCCCCCCCC/C=C/C(O)C(COC1OC(CO)C(OC2OC(CO)C(O)C(O)C2O)C(O)C1O)NC(=O)CCCCCCCCCCCCCCCCCCCCCC. The molecule has 12 atom stereocenters. The fourth-order valence-corrected chi connectivity index (χ4v) is 10.5. The maximum Gasteiger partial charge on any atom is 0.220 e. The van der Waals surface area contributed by atoms with E-state index in [1.807, 2.05) is 6.08 Å². The Balaban J connectivity index is 1.75. The summed E-state index contributed by atoms with van der Waals surface area (Å²) in [7, 11) is 0. The molecule has 1 amide bonds. The van der Waals surface area contributed by atoms with Crippen molar-refractivity contribution >= 4 is 5.91 Å². The zero-order chi connectivity index (χ0) is 53.9. The first-order valence-corrected chi connectivity index (χ1v) is 30.9. The molecule has 2 aliphatic rings. The topological polar surface area (TPSA) is 228 Å². The van der Waals surface area contributed by atoms with Crippen LogP contribution in [0.25, 0.3) is 0 Å². The maximum atomic E-state index is 13.3. The van der Waals surface area contributed by atoms with E-state index in [1.54, 1.807) is 6.08 Å². The minimum absolute atomic E-state index is 0.233. The van der Waals surface area contributed by atoms with Gasteiger partial charge in [0.25, 0.3) is 0 Å². The molecule has 0 aromatic rings. The first kappa shape index (κ1) is 68.8. The lowest BCUT2D eigenvalue weighted by atomic mass is 9.97. The van der Waals surface area contributed by atoms with E-state index in [-0.39, 0.29) is 18.9 Å². The molecular formula is C60H115NO13. The predicted molar refractivity (Wildman–Crippen MR) is 295 cm³/mol. The molecular weight excluding hydrogens is 943 g/mol. The van der Waals surface area contributed by atoms with Crippen LogP contribution in [0.15, 0.2) is 12.2 Å². The number of aliphatic hydroxyl groups is 8. The lowest BCUT2D eigenvalue weighted by Gasteiger charge is -2.46. The highest BCUT2D eigenvalue weighted by molar-refractivity contribution is 5.76. The van der Waals surface area contributed by atoms with Gasteiger partial charge in [-0.15, -0.1) is 0 Å². The van der Waals surface area contributed by atoms with Crippen molar-refractivity contribution in [3.63, 3.8) is 0 Å². The quantitative estimate of drug-likeness (QED) is 0.0204. The van der Waals surface area contributed by atoms with Crippen molar-refractivity contribution in [3.05, 3.63) is 12.2 Å². The molecule has 0 radical (unpaired) electrons. The summed E-state index contributed by atoms with van der Waals surface area (Å²) in [5.74, 6) is -0.233. The Hall–Kier alpha value is -1.27. The molecule has 14 heteroatoms. The van der Waals surface area contributed by atoms with E-state index in [0.29, 0.717) is 6.42 Å². The van der Waals surface area contributed by atoms with Gasteiger partial charge in [0.2, 0.25) is 5.91 Å². The molecule has 438 valence electrons. The van der Waals surface area contributed by atoms with E-state index in [1.165, 1.54) is 205 Å². The Morgan fingerprint density at radius 1 is 0.473 bits per heavy atom. The summed E-state index contributed by atoms with van der Waals surface area (Å²) in [4.78, 5) is 13.3. The van der Waals surface area contributed by atoms with E-state index >= 15 is 0 Å². The van der Waals surface area contributed by atoms with Crippen LogP contribution in [0.4, 0.5) is 0 Å². The zero-order valence-corrected chi connectivity index (χ0v) is 47.1. The van der Waals surface area contributed by atoms with Gasteiger partial charge in [0.1, 0.15) is 48.8 Å². The number of allylic oxidation sites excluding steroid dienone is 1. The van der Waals surface area contributed by atoms with Gasteiger partial charge < -0.3 is 65.1 Å². The minimum atomic E-state index is -1.79. The van der Waals surface area contributed by atoms with Gasteiger partial charge in [-0.25, -0.2) is 0 Å². The van der Waals surface area contributed by atoms with Crippen molar-refractivity contribution in [2.45, 2.75) is 344 Å². The van der Waals surface area contributed by atoms with E-state index in [9.17, 15) is 45.6 Å². The maximum absolute atomic E-state index is 13.3. The van der Waals surface area contributed by atoms with Crippen LogP contribution in [0.2, 0.25) is 0 Å². The van der Waals surface area contributed by atoms with Gasteiger partial charge in [0, 0.05) is 6.42 Å². The van der Waals surface area contributed by atoms with Gasteiger partial charge in [-0.2, -0.15) is 0 Å². The number of carbonyl (C=O) groups excluding carboxylic acids is 1. The average molecular weight is 1060 g/mol. The summed E-state index contributed by atoms with van der Waals surface area (Å²) >= 11 is 0. The van der Waals surface area contributed by atoms with Crippen LogP contribution in [0.3, 0.4) is 0 Å². The number of rotatable bonds is 50. The van der Waals surface area contributed by atoms with E-state index in [4.69, 9.17) is 18.9 Å². The molecule has 14 nitrogen and oxygen atoms in total. The van der Waals surface area contributed by atoms with Crippen LogP contribution >= 0.6 is 0 Å². The molecule has 0 aromatic heterocycles. The van der Waals surface area contributed by atoms with Crippen LogP contribution in [0.5, 0.6) is 0 Å². The van der Waals surface area contributed by atoms with E-state index in [0.717, 1.165) is 38.5 Å². The lowest BCUT2D eigenvalue weighted by Crippen LogP contribution is -2.65. The van der Waals surface area contributed by atoms with Gasteiger partial charge in [-0.3, -0.25) is 4.79 Å². The molecule has 9 N–H and O–H groups in total. The summed E-state index contributed by atoms with van der Waals surface area (Å²) in [6, 6.07) is -0.909. The summed E-state index contributed by atoms with van der Waals surface area (Å²) in [6.45, 7) is 2.84. The Kier molecular flexibility index (Phi) is 43.4. The summed E-state index contributed by atoms with van der Waals surface area (Å²) in [6.07, 6.45) is 36.7. The number of hydrogen-bond donors (Lipinski definition) is 9. The standard InChI is InChI=1S/C60H115NO13/c1-3-5-7-9-11-13-15-17-19-21-23-25-27-29-31-33-35-37-39-41-43-49(64)48(61-52(65)44-42-40-38-36-34-32-30-28-26-24-22-20-18-16-14-12-10-8-6-4-2)47-71-59-57(70)55(68)58(51(46-63)73-59)74-60-56(69)54(67)53(66)50(45-62)72-60/h41,43,48-51,53-60,62-64,66-70H,3-40,42,44-47H2,1-2H3,(H,61,65)/b43-41+. The van der Waals surface area contributed by atoms with Crippen molar-refractivity contribution in [2.75, 3.05) is 19.8 Å². The third-order valence-electron chi connectivity index (χ3n) is 15.5. The van der Waals surface area contributed by atoms with Crippen molar-refractivity contribution in [1.82, 2.24) is 5.32 Å². The molecule has 74 heavy (non-hydrogen) atoms. The molecule has 0 spiro atoms. The Labute approximate surface area is 450 Å². The number of amides is 1. The molecule has 0 aliphatic carbocycles. The second-order valence-corrected chi connectivity index (χ2v) is 22.2. The lowest BCUT2D eigenvalue weighted by molar-refractivity contribution is -0.359. The van der Waals surface area contributed by atoms with Crippen LogP contribution in [-0.2, 0) is 23.7 Å². The van der Waals surface area contributed by atoms with Gasteiger partial charge in [0.05, 0.1) is 32.0 Å². The Morgan fingerprint density at radius 3 is 1.24 bits per heavy atom. The van der Waals surface area contributed by atoms with Gasteiger partial charge in [-0.1, -0.05) is 257 Å². The third kappa shape index (κ3) is 32.0. The van der Waals surface area contributed by atoms with Crippen LogP contribution < -0.4 is 5.32 Å². The van der Waals surface area contributed by atoms with E-state index < -0.39 is 86.8 Å². The number of unbranched alkanes of at least 4 members (excludes halogenated alkanes) is 37. The zero-order valence-electron chi connectivity index (χ0n) is 47.1. The monoisotopic (exact) mass is 1060 g/mol. The first-order valence-electron chi connectivity index (χ1n) is 30.9. The number of ether oxygens (including phenoxy) is 4. The predicted octanol–water partition coefficient (Wildman–Crippen LogP) is 10.7. The fraction of sp³-hybridized carbons (Fsp3) is 0.950. The van der Waals surface area contributed by atoms with Gasteiger partial charge in [-0.05, 0) is 19.3 Å². The molecule has 2 heterocycles. The molecule has 12 unspecified atom stereocenters. The second-order valence-electron chi connectivity index (χ2n) is 22.2. The third-order valence-corrected chi connectivity index (χ3v) is 15.5. The molecule has 0 aromatic carbocycles. The number of nitrogens with one attached hydrogen (secondary N) is 1. The van der Waals surface area contributed by atoms with Crippen LogP contribution in [0.1, 0.15) is 271 Å². The smallest absolute Gasteiger partial charge is 0.220 e. The van der Waals surface area contributed by atoms with Gasteiger partial charge >= 0.3 is 0 Å². The normalized spacial score (nSPS) is 25.2. The molecule has 2 rings (SSSR count). The van der Waals surface area contributed by atoms with Crippen molar-refractivity contribution in [1.29, 1.82) is 0 Å². The van der Waals surface area contributed by atoms with E-state index in [2.05, 4.69) is 19.2 Å².